The van der Waals surface area contributed by atoms with Crippen molar-refractivity contribution in [2.45, 2.75) is 0 Å². The molecule has 8 heteroatoms. The predicted molar refractivity (Wildman–Crippen MR) is 102 cm³/mol. The summed E-state index contributed by atoms with van der Waals surface area (Å²) in [6.07, 6.45) is 0. The lowest BCUT2D eigenvalue weighted by Gasteiger charge is -2.12. The Labute approximate surface area is 156 Å². The summed E-state index contributed by atoms with van der Waals surface area (Å²) in [4.78, 5) is 36.6. The fourth-order valence-corrected chi connectivity index (χ4v) is 2.47. The third-order valence-electron chi connectivity index (χ3n) is 3.49. The molecule has 0 spiro atoms. The van der Waals surface area contributed by atoms with E-state index in [0.717, 1.165) is 0 Å². The Kier molecular flexibility index (Phi) is 6.19. The van der Waals surface area contributed by atoms with E-state index in [0.29, 0.717) is 16.9 Å². The molecule has 7 nitrogen and oxygen atoms in total. The molecule has 0 saturated carbocycles. The molecule has 0 aliphatic rings. The molecule has 26 heavy (non-hydrogen) atoms. The van der Waals surface area contributed by atoms with Crippen LogP contribution in [0.2, 0.25) is 5.02 Å². The van der Waals surface area contributed by atoms with E-state index >= 15 is 0 Å². The highest BCUT2D eigenvalue weighted by Crippen LogP contribution is 2.20. The maximum atomic E-state index is 12.1. The third kappa shape index (κ3) is 4.97. The maximum Gasteiger partial charge on any atom is 0.253 e. The number of anilines is 2. The van der Waals surface area contributed by atoms with Crippen LogP contribution in [0.4, 0.5) is 11.4 Å². The summed E-state index contributed by atoms with van der Waals surface area (Å²) in [7, 11) is 3.32. The van der Waals surface area contributed by atoms with E-state index in [1.54, 1.807) is 44.4 Å². The van der Waals surface area contributed by atoms with Crippen LogP contribution in [0.3, 0.4) is 0 Å². The highest BCUT2D eigenvalue weighted by atomic mass is 35.5. The number of primary amides is 1. The van der Waals surface area contributed by atoms with Crippen LogP contribution >= 0.6 is 11.6 Å². The number of carbonyl (C=O) groups excluding carboxylic acids is 3. The number of nitrogens with two attached hydrogens (primary N) is 1. The number of halogens is 1. The topological polar surface area (TPSA) is 105 Å². The first-order valence-electron chi connectivity index (χ1n) is 7.72. The normalized spacial score (nSPS) is 10.1. The summed E-state index contributed by atoms with van der Waals surface area (Å²) in [6.45, 7) is -0.0158. The van der Waals surface area contributed by atoms with E-state index in [1.807, 2.05) is 0 Å². The Balaban J connectivity index is 1.97. The zero-order chi connectivity index (χ0) is 19.3. The number of hydrogen-bond donors (Lipinski definition) is 3. The molecule has 4 N–H and O–H groups in total. The number of nitrogens with one attached hydrogen (secondary N) is 2. The van der Waals surface area contributed by atoms with Gasteiger partial charge in [0.15, 0.2) is 0 Å². The van der Waals surface area contributed by atoms with E-state index in [1.165, 1.54) is 17.0 Å². The van der Waals surface area contributed by atoms with E-state index in [9.17, 15) is 14.4 Å². The number of carbonyl (C=O) groups is 3. The van der Waals surface area contributed by atoms with Crippen molar-refractivity contribution in [3.8, 4) is 0 Å². The number of amides is 3. The van der Waals surface area contributed by atoms with Gasteiger partial charge in [-0.1, -0.05) is 17.7 Å². The molecule has 0 aromatic heterocycles. The van der Waals surface area contributed by atoms with E-state index < -0.39 is 5.91 Å². The van der Waals surface area contributed by atoms with Gasteiger partial charge in [0.1, 0.15) is 0 Å². The molecule has 2 aromatic rings. The van der Waals surface area contributed by atoms with Gasteiger partial charge in [0, 0.05) is 31.0 Å². The van der Waals surface area contributed by atoms with Crippen molar-refractivity contribution in [1.82, 2.24) is 4.90 Å². The second-order valence-corrected chi connectivity index (χ2v) is 6.15. The molecule has 0 unspecified atom stereocenters. The van der Waals surface area contributed by atoms with Crippen molar-refractivity contribution in [3.63, 3.8) is 0 Å². The van der Waals surface area contributed by atoms with Crippen molar-refractivity contribution in [1.29, 1.82) is 0 Å². The standard InChI is InChI=1S/C18H19ClN4O3/c1-23(2)18(26)11-4-3-5-13(8-11)22-16(24)10-21-12-6-7-14(17(20)25)15(19)9-12/h3-9,21H,10H2,1-2H3,(H2,20,25)(H,22,24). The molecule has 0 radical (unpaired) electrons. The van der Waals surface area contributed by atoms with Crippen molar-refractivity contribution < 1.29 is 14.4 Å². The van der Waals surface area contributed by atoms with E-state index in [4.69, 9.17) is 17.3 Å². The molecule has 2 rings (SSSR count). The minimum atomic E-state index is -0.619. The quantitative estimate of drug-likeness (QED) is 0.720. The monoisotopic (exact) mass is 374 g/mol. The van der Waals surface area contributed by atoms with E-state index in [-0.39, 0.29) is 28.9 Å². The van der Waals surface area contributed by atoms with Crippen LogP contribution in [0.5, 0.6) is 0 Å². The van der Waals surface area contributed by atoms with Gasteiger partial charge in [0.05, 0.1) is 17.1 Å². The number of rotatable bonds is 6. The first-order chi connectivity index (χ1) is 12.3. The van der Waals surface area contributed by atoms with Crippen molar-refractivity contribution in [2.24, 2.45) is 5.73 Å². The van der Waals surface area contributed by atoms with Crippen LogP contribution in [0.25, 0.3) is 0 Å². The highest BCUT2D eigenvalue weighted by molar-refractivity contribution is 6.34. The lowest BCUT2D eigenvalue weighted by molar-refractivity contribution is -0.114. The number of hydrogen-bond acceptors (Lipinski definition) is 4. The summed E-state index contributed by atoms with van der Waals surface area (Å²) < 4.78 is 0. The molecular formula is C18H19ClN4O3. The highest BCUT2D eigenvalue weighted by Gasteiger charge is 2.10. The van der Waals surface area contributed by atoms with Gasteiger partial charge in [-0.2, -0.15) is 0 Å². The molecule has 2 aromatic carbocycles. The molecule has 0 heterocycles. The van der Waals surface area contributed by atoms with Gasteiger partial charge in [-0.25, -0.2) is 0 Å². The minimum absolute atomic E-state index is 0.0158. The van der Waals surface area contributed by atoms with Crippen molar-refractivity contribution in [2.75, 3.05) is 31.3 Å². The van der Waals surface area contributed by atoms with Gasteiger partial charge in [0.25, 0.3) is 5.91 Å². The number of benzene rings is 2. The fourth-order valence-electron chi connectivity index (χ4n) is 2.20. The van der Waals surface area contributed by atoms with Crippen LogP contribution in [-0.2, 0) is 4.79 Å². The first-order valence-corrected chi connectivity index (χ1v) is 8.10. The largest absolute Gasteiger partial charge is 0.376 e. The minimum Gasteiger partial charge on any atom is -0.376 e. The second-order valence-electron chi connectivity index (χ2n) is 5.74. The lowest BCUT2D eigenvalue weighted by Crippen LogP contribution is -2.23. The molecular weight excluding hydrogens is 356 g/mol. The van der Waals surface area contributed by atoms with Gasteiger partial charge in [-0.05, 0) is 36.4 Å². The fraction of sp³-hybridized carbons (Fsp3) is 0.167. The molecule has 0 aliphatic heterocycles. The summed E-state index contributed by atoms with van der Waals surface area (Å²) >= 11 is 5.96. The van der Waals surface area contributed by atoms with Gasteiger partial charge in [0.2, 0.25) is 11.8 Å². The molecule has 3 amide bonds. The molecule has 0 bridgehead atoms. The Bertz CT molecular complexity index is 852. The van der Waals surface area contributed by atoms with Gasteiger partial charge in [-0.3, -0.25) is 14.4 Å². The average Bonchev–Trinajstić information content (AvgIpc) is 2.59. The smallest absolute Gasteiger partial charge is 0.253 e. The first kappa shape index (κ1) is 19.3. The third-order valence-corrected chi connectivity index (χ3v) is 3.80. The van der Waals surface area contributed by atoms with Crippen LogP contribution in [-0.4, -0.2) is 43.3 Å². The zero-order valence-electron chi connectivity index (χ0n) is 14.4. The number of nitrogens with zero attached hydrogens (tertiary/aromatic N) is 1. The lowest BCUT2D eigenvalue weighted by atomic mass is 10.2. The summed E-state index contributed by atoms with van der Waals surface area (Å²) in [5.41, 5.74) is 6.98. The Morgan fingerprint density at radius 2 is 1.81 bits per heavy atom. The SMILES string of the molecule is CN(C)C(=O)c1cccc(NC(=O)CNc2ccc(C(N)=O)c(Cl)c2)c1. The van der Waals surface area contributed by atoms with Crippen LogP contribution in [0.1, 0.15) is 20.7 Å². The molecule has 0 saturated heterocycles. The average molecular weight is 375 g/mol. The predicted octanol–water partition coefficient (Wildman–Crippen LogP) is 2.19. The van der Waals surface area contributed by atoms with Gasteiger partial charge >= 0.3 is 0 Å². The van der Waals surface area contributed by atoms with E-state index in [2.05, 4.69) is 10.6 Å². The molecule has 0 aliphatic carbocycles. The van der Waals surface area contributed by atoms with Crippen LogP contribution < -0.4 is 16.4 Å². The van der Waals surface area contributed by atoms with Crippen LogP contribution in [0, 0.1) is 0 Å². The van der Waals surface area contributed by atoms with Crippen molar-refractivity contribution in [3.05, 3.63) is 58.6 Å². The molecule has 0 fully saturated rings. The second kappa shape index (κ2) is 8.35. The molecule has 0 atom stereocenters. The Morgan fingerprint density at radius 3 is 2.42 bits per heavy atom. The zero-order valence-corrected chi connectivity index (χ0v) is 15.1. The summed E-state index contributed by atoms with van der Waals surface area (Å²) in [5, 5.41) is 5.82. The Morgan fingerprint density at radius 1 is 1.08 bits per heavy atom. The maximum absolute atomic E-state index is 12.1. The Hall–Kier alpha value is -3.06. The van der Waals surface area contributed by atoms with Crippen LogP contribution in [0.15, 0.2) is 42.5 Å². The summed E-state index contributed by atoms with van der Waals surface area (Å²) in [5.74, 6) is -1.07. The molecule has 136 valence electrons. The van der Waals surface area contributed by atoms with Crippen molar-refractivity contribution >= 4 is 40.7 Å². The van der Waals surface area contributed by atoms with Gasteiger partial charge in [-0.15, -0.1) is 0 Å². The van der Waals surface area contributed by atoms with Gasteiger partial charge < -0.3 is 21.3 Å². The summed E-state index contributed by atoms with van der Waals surface area (Å²) in [6, 6.07) is 11.3.